The number of amides is 2. The fourth-order valence-corrected chi connectivity index (χ4v) is 7.97. The quantitative estimate of drug-likeness (QED) is 0.0357. The highest BCUT2D eigenvalue weighted by Crippen LogP contribution is 2.16. The van der Waals surface area contributed by atoms with Crippen LogP contribution < -0.4 is 10.6 Å². The average Bonchev–Trinajstić information content (AvgIpc) is 3.23. The van der Waals surface area contributed by atoms with Crippen molar-refractivity contribution in [3.63, 3.8) is 0 Å². The van der Waals surface area contributed by atoms with E-state index in [0.717, 1.165) is 57.8 Å². The number of carbonyl (C=O) groups excluding carboxylic acids is 3. The van der Waals surface area contributed by atoms with E-state index in [9.17, 15) is 24.6 Å². The molecule has 0 aromatic carbocycles. The van der Waals surface area contributed by atoms with E-state index < -0.39 is 30.1 Å². The van der Waals surface area contributed by atoms with E-state index in [4.69, 9.17) is 4.74 Å². The summed E-state index contributed by atoms with van der Waals surface area (Å²) < 4.78 is 5.74. The van der Waals surface area contributed by atoms with Gasteiger partial charge in [0, 0.05) is 6.42 Å². The molecule has 0 aliphatic carbocycles. The summed E-state index contributed by atoms with van der Waals surface area (Å²) in [6, 6.07) is 0. The molecule has 8 heteroatoms. The number of aliphatic hydroxyl groups excluding tert-OH is 2. The molecule has 2 unspecified atom stereocenters. The third kappa shape index (κ3) is 41.5. The van der Waals surface area contributed by atoms with Gasteiger partial charge in [-0.15, -0.1) is 0 Å². The Balaban J connectivity index is 4.53. The number of aliphatic hydroxyl groups is 2. The maximum Gasteiger partial charge on any atom is 0.306 e. The van der Waals surface area contributed by atoms with Crippen LogP contribution in [0.1, 0.15) is 278 Å². The van der Waals surface area contributed by atoms with Crippen LogP contribution in [-0.2, 0) is 19.1 Å². The van der Waals surface area contributed by atoms with Gasteiger partial charge in [0.2, 0.25) is 11.8 Å². The van der Waals surface area contributed by atoms with Crippen LogP contribution in [0.3, 0.4) is 0 Å². The molecule has 0 aliphatic rings. The van der Waals surface area contributed by atoms with Gasteiger partial charge in [0.1, 0.15) is 18.3 Å². The lowest BCUT2D eigenvalue weighted by molar-refractivity contribution is -0.150. The zero-order chi connectivity index (χ0) is 43.3. The van der Waals surface area contributed by atoms with Gasteiger partial charge in [-0.05, 0) is 19.3 Å². The molecule has 0 heterocycles. The van der Waals surface area contributed by atoms with Gasteiger partial charge in [0.05, 0.1) is 13.1 Å². The highest BCUT2D eigenvalue weighted by Gasteiger charge is 2.22. The topological polar surface area (TPSA) is 125 Å². The molecule has 0 aromatic rings. The van der Waals surface area contributed by atoms with Crippen molar-refractivity contribution in [1.82, 2.24) is 10.6 Å². The summed E-state index contributed by atoms with van der Waals surface area (Å²) in [7, 11) is 0. The Bertz CT molecular complexity index is 867. The molecule has 2 atom stereocenters. The van der Waals surface area contributed by atoms with Crippen molar-refractivity contribution in [2.75, 3.05) is 13.1 Å². The van der Waals surface area contributed by atoms with Gasteiger partial charge >= 0.3 is 5.97 Å². The summed E-state index contributed by atoms with van der Waals surface area (Å²) in [6.07, 6.45) is 43.3. The summed E-state index contributed by atoms with van der Waals surface area (Å²) in [6.45, 7) is 6.74. The Morgan fingerprint density at radius 3 is 0.881 bits per heavy atom. The molecule has 0 rings (SSSR count). The summed E-state index contributed by atoms with van der Waals surface area (Å²) in [5.74, 6) is -1.32. The van der Waals surface area contributed by atoms with Gasteiger partial charge in [-0.25, -0.2) is 0 Å². The van der Waals surface area contributed by atoms with Crippen molar-refractivity contribution in [2.45, 2.75) is 296 Å². The Morgan fingerprint density at radius 1 is 0.373 bits per heavy atom. The number of carbonyl (C=O) groups is 3. The minimum atomic E-state index is -1.12. The number of hydrogen-bond acceptors (Lipinski definition) is 6. The van der Waals surface area contributed by atoms with Crippen molar-refractivity contribution < 1.29 is 29.3 Å². The van der Waals surface area contributed by atoms with E-state index in [1.165, 1.54) is 180 Å². The lowest BCUT2D eigenvalue weighted by Gasteiger charge is -2.21. The predicted octanol–water partition coefficient (Wildman–Crippen LogP) is 13.5. The van der Waals surface area contributed by atoms with Crippen molar-refractivity contribution in [2.24, 2.45) is 0 Å². The smallest absolute Gasteiger partial charge is 0.306 e. The third-order valence-corrected chi connectivity index (χ3v) is 12.1. The largest absolute Gasteiger partial charge is 0.459 e. The van der Waals surface area contributed by atoms with Crippen molar-refractivity contribution in [3.8, 4) is 0 Å². The minimum Gasteiger partial charge on any atom is -0.459 e. The van der Waals surface area contributed by atoms with Crippen LogP contribution in [0.4, 0.5) is 0 Å². The first-order chi connectivity index (χ1) is 28.8. The summed E-state index contributed by atoms with van der Waals surface area (Å²) in [5, 5.41) is 26.6. The molecular weight excluding hydrogens is 737 g/mol. The van der Waals surface area contributed by atoms with E-state index in [1.54, 1.807) is 0 Å². The Labute approximate surface area is 365 Å². The Kier molecular flexibility index (Phi) is 44.5. The number of nitrogens with one attached hydrogen (secondary N) is 2. The molecule has 0 fully saturated rings. The monoisotopic (exact) mass is 837 g/mol. The first kappa shape index (κ1) is 57.3. The maximum absolute atomic E-state index is 12.8. The Hall–Kier alpha value is -1.67. The normalized spacial score (nSPS) is 13.0. The van der Waals surface area contributed by atoms with Crippen LogP contribution in [0, 0.1) is 0 Å². The first-order valence-electron chi connectivity index (χ1n) is 26.0. The van der Waals surface area contributed by atoms with Crippen LogP contribution in [-0.4, -0.2) is 59.4 Å². The van der Waals surface area contributed by atoms with E-state index in [2.05, 4.69) is 31.4 Å². The van der Waals surface area contributed by atoms with Gasteiger partial charge in [0.15, 0.2) is 0 Å². The van der Waals surface area contributed by atoms with Crippen LogP contribution in [0.2, 0.25) is 0 Å². The number of esters is 1. The van der Waals surface area contributed by atoms with E-state index in [0.29, 0.717) is 19.3 Å². The second-order valence-corrected chi connectivity index (χ2v) is 18.0. The van der Waals surface area contributed by atoms with Gasteiger partial charge in [-0.3, -0.25) is 14.4 Å². The SMILES string of the molecule is CCCCCCCCCCCCCCCC(=O)OC(CNC(=O)C(O)CCCCCCCCCCCCCC)CNC(=O)C(O)CCCCCCCCCCCCCC. The van der Waals surface area contributed by atoms with Crippen molar-refractivity contribution >= 4 is 17.8 Å². The van der Waals surface area contributed by atoms with Crippen LogP contribution >= 0.6 is 0 Å². The van der Waals surface area contributed by atoms with Gasteiger partial charge in [-0.1, -0.05) is 252 Å². The van der Waals surface area contributed by atoms with E-state index in [1.807, 2.05) is 0 Å². The molecule has 2 amide bonds. The fraction of sp³-hybridized carbons (Fsp3) is 0.941. The molecule has 0 spiro atoms. The van der Waals surface area contributed by atoms with Gasteiger partial charge < -0.3 is 25.6 Å². The van der Waals surface area contributed by atoms with Crippen molar-refractivity contribution in [3.05, 3.63) is 0 Å². The van der Waals surface area contributed by atoms with Crippen LogP contribution in [0.5, 0.6) is 0 Å². The second kappa shape index (κ2) is 45.8. The molecule has 4 N–H and O–H groups in total. The van der Waals surface area contributed by atoms with E-state index in [-0.39, 0.29) is 19.1 Å². The number of rotatable bonds is 47. The molecule has 0 bridgehead atoms. The number of unbranched alkanes of at least 4 members (excludes halogenated alkanes) is 34. The molecule has 0 aromatic heterocycles. The molecule has 0 radical (unpaired) electrons. The number of hydrogen-bond donors (Lipinski definition) is 4. The zero-order valence-electron chi connectivity index (χ0n) is 39.5. The van der Waals surface area contributed by atoms with Gasteiger partial charge in [0.25, 0.3) is 0 Å². The molecule has 8 nitrogen and oxygen atoms in total. The summed E-state index contributed by atoms with van der Waals surface area (Å²) >= 11 is 0. The maximum atomic E-state index is 12.8. The molecule has 0 aliphatic heterocycles. The lowest BCUT2D eigenvalue weighted by Crippen LogP contribution is -2.46. The highest BCUT2D eigenvalue weighted by atomic mass is 16.5. The molecule has 0 saturated carbocycles. The molecular formula is C51H100N2O6. The van der Waals surface area contributed by atoms with Crippen LogP contribution in [0.25, 0.3) is 0 Å². The molecule has 0 saturated heterocycles. The fourth-order valence-electron chi connectivity index (χ4n) is 7.97. The van der Waals surface area contributed by atoms with E-state index >= 15 is 0 Å². The Morgan fingerprint density at radius 2 is 0.610 bits per heavy atom. The second-order valence-electron chi connectivity index (χ2n) is 18.0. The highest BCUT2D eigenvalue weighted by molar-refractivity contribution is 5.81. The van der Waals surface area contributed by atoms with Gasteiger partial charge in [-0.2, -0.15) is 0 Å². The molecule has 350 valence electrons. The number of ether oxygens (including phenoxy) is 1. The zero-order valence-corrected chi connectivity index (χ0v) is 39.5. The first-order valence-corrected chi connectivity index (χ1v) is 26.0. The third-order valence-electron chi connectivity index (χ3n) is 12.1. The standard InChI is InChI=1S/C51H100N2O6/c1-4-7-10-13-16-19-22-25-28-31-34-37-40-43-49(56)59-46(44-52-50(57)47(54)41-38-35-32-29-26-23-20-17-14-11-8-5-2)45-53-51(58)48(55)42-39-36-33-30-27-24-21-18-15-12-9-6-3/h46-48,54-55H,4-45H2,1-3H3,(H,52,57)(H,53,58). The summed E-state index contributed by atoms with van der Waals surface area (Å²) in [4.78, 5) is 38.4. The minimum absolute atomic E-state index is 0.00615. The predicted molar refractivity (Wildman–Crippen MR) is 250 cm³/mol. The lowest BCUT2D eigenvalue weighted by atomic mass is 10.0. The average molecular weight is 837 g/mol. The van der Waals surface area contributed by atoms with Crippen molar-refractivity contribution in [1.29, 1.82) is 0 Å². The van der Waals surface area contributed by atoms with Crippen LogP contribution in [0.15, 0.2) is 0 Å². The summed E-state index contributed by atoms with van der Waals surface area (Å²) in [5.41, 5.74) is 0. The molecule has 59 heavy (non-hydrogen) atoms.